The summed E-state index contributed by atoms with van der Waals surface area (Å²) in [5.74, 6) is 0.944. The molecule has 0 bridgehead atoms. The van der Waals surface area contributed by atoms with Gasteiger partial charge < -0.3 is 4.74 Å². The standard InChI is InChI=1S/C8H14O/c1-4-5-6-7-8(2)9-3/h5-7H,4H2,1-3H3/b6-5-,8-7+. The molecule has 1 heteroatoms. The van der Waals surface area contributed by atoms with E-state index in [0.29, 0.717) is 0 Å². The molecular weight excluding hydrogens is 112 g/mol. The minimum atomic E-state index is 0.944. The largest absolute Gasteiger partial charge is 0.501 e. The van der Waals surface area contributed by atoms with E-state index in [1.807, 2.05) is 19.1 Å². The van der Waals surface area contributed by atoms with Gasteiger partial charge in [0.05, 0.1) is 12.9 Å². The van der Waals surface area contributed by atoms with Crippen molar-refractivity contribution in [3.8, 4) is 0 Å². The van der Waals surface area contributed by atoms with E-state index in [2.05, 4.69) is 13.0 Å². The Morgan fingerprint density at radius 3 is 2.67 bits per heavy atom. The Labute approximate surface area is 57.0 Å². The van der Waals surface area contributed by atoms with Crippen LogP contribution in [0.5, 0.6) is 0 Å². The van der Waals surface area contributed by atoms with Gasteiger partial charge in [0.15, 0.2) is 0 Å². The Hall–Kier alpha value is -0.720. The topological polar surface area (TPSA) is 9.23 Å². The Kier molecular flexibility index (Phi) is 4.98. The predicted octanol–water partition coefficient (Wildman–Crippen LogP) is 2.50. The molecule has 1 nitrogen and oxygen atoms in total. The van der Waals surface area contributed by atoms with Gasteiger partial charge in [-0.2, -0.15) is 0 Å². The fraction of sp³-hybridized carbons (Fsp3) is 0.500. The van der Waals surface area contributed by atoms with E-state index in [1.54, 1.807) is 7.11 Å². The Morgan fingerprint density at radius 2 is 2.22 bits per heavy atom. The molecule has 52 valence electrons. The number of methoxy groups -OCH3 is 1. The normalized spacial score (nSPS) is 12.6. The van der Waals surface area contributed by atoms with E-state index in [0.717, 1.165) is 12.2 Å². The Morgan fingerprint density at radius 1 is 1.56 bits per heavy atom. The lowest BCUT2D eigenvalue weighted by Gasteiger charge is -1.93. The average molecular weight is 126 g/mol. The summed E-state index contributed by atoms with van der Waals surface area (Å²) >= 11 is 0. The summed E-state index contributed by atoms with van der Waals surface area (Å²) in [6.45, 7) is 4.03. The molecule has 0 saturated carbocycles. The van der Waals surface area contributed by atoms with E-state index < -0.39 is 0 Å². The summed E-state index contributed by atoms with van der Waals surface area (Å²) in [5, 5.41) is 0. The van der Waals surface area contributed by atoms with Gasteiger partial charge in [0, 0.05) is 0 Å². The molecule has 0 aromatic rings. The van der Waals surface area contributed by atoms with Crippen LogP contribution in [-0.4, -0.2) is 7.11 Å². The average Bonchev–Trinajstić information content (AvgIpc) is 1.89. The van der Waals surface area contributed by atoms with Crippen LogP contribution < -0.4 is 0 Å². The highest BCUT2D eigenvalue weighted by Gasteiger charge is 1.76. The SMILES string of the molecule is CC/C=C\C=C(/C)OC. The summed E-state index contributed by atoms with van der Waals surface area (Å²) in [7, 11) is 1.67. The van der Waals surface area contributed by atoms with Crippen molar-refractivity contribution in [3.05, 3.63) is 24.0 Å². The van der Waals surface area contributed by atoms with Crippen LogP contribution in [0.25, 0.3) is 0 Å². The van der Waals surface area contributed by atoms with Crippen molar-refractivity contribution in [1.82, 2.24) is 0 Å². The second-order valence-electron chi connectivity index (χ2n) is 1.82. The van der Waals surface area contributed by atoms with E-state index in [1.165, 1.54) is 0 Å². The molecule has 0 aliphatic rings. The quantitative estimate of drug-likeness (QED) is 0.417. The molecule has 0 heterocycles. The minimum absolute atomic E-state index is 0.944. The fourth-order valence-corrected chi connectivity index (χ4v) is 0.408. The predicted molar refractivity (Wildman–Crippen MR) is 40.2 cm³/mol. The van der Waals surface area contributed by atoms with Gasteiger partial charge in [0.2, 0.25) is 0 Å². The van der Waals surface area contributed by atoms with Gasteiger partial charge in [0.25, 0.3) is 0 Å². The molecule has 0 radical (unpaired) electrons. The van der Waals surface area contributed by atoms with Crippen LogP contribution in [0.4, 0.5) is 0 Å². The van der Waals surface area contributed by atoms with Crippen LogP contribution in [-0.2, 0) is 4.74 Å². The number of allylic oxidation sites excluding steroid dienone is 4. The third kappa shape index (κ3) is 5.15. The highest BCUT2D eigenvalue weighted by molar-refractivity contribution is 5.05. The molecule has 0 fully saturated rings. The first-order chi connectivity index (χ1) is 4.31. The molecule has 0 aromatic heterocycles. The molecule has 0 rings (SSSR count). The molecule has 9 heavy (non-hydrogen) atoms. The highest BCUT2D eigenvalue weighted by Crippen LogP contribution is 1.92. The summed E-state index contributed by atoms with van der Waals surface area (Å²) in [6.07, 6.45) is 7.11. The third-order valence-corrected chi connectivity index (χ3v) is 1.02. The van der Waals surface area contributed by atoms with E-state index in [4.69, 9.17) is 4.74 Å². The second-order valence-corrected chi connectivity index (χ2v) is 1.82. The lowest BCUT2D eigenvalue weighted by atomic mass is 10.4. The van der Waals surface area contributed by atoms with Gasteiger partial charge >= 0.3 is 0 Å². The van der Waals surface area contributed by atoms with Crippen molar-refractivity contribution in [2.75, 3.05) is 7.11 Å². The first kappa shape index (κ1) is 8.28. The molecule has 0 aromatic carbocycles. The first-order valence-corrected chi connectivity index (χ1v) is 3.18. The maximum atomic E-state index is 4.91. The Bertz CT molecular complexity index is 112. The minimum Gasteiger partial charge on any atom is -0.501 e. The maximum absolute atomic E-state index is 4.91. The lowest BCUT2D eigenvalue weighted by molar-refractivity contribution is 0.294. The van der Waals surface area contributed by atoms with Crippen molar-refractivity contribution >= 4 is 0 Å². The zero-order valence-electron chi connectivity index (χ0n) is 6.35. The Balaban J connectivity index is 3.55. The van der Waals surface area contributed by atoms with Crippen molar-refractivity contribution in [3.63, 3.8) is 0 Å². The number of rotatable bonds is 3. The van der Waals surface area contributed by atoms with Crippen molar-refractivity contribution in [2.24, 2.45) is 0 Å². The van der Waals surface area contributed by atoms with E-state index in [-0.39, 0.29) is 0 Å². The van der Waals surface area contributed by atoms with Crippen molar-refractivity contribution in [2.45, 2.75) is 20.3 Å². The molecule has 0 unspecified atom stereocenters. The zero-order valence-corrected chi connectivity index (χ0v) is 6.35. The molecule has 0 spiro atoms. The molecule has 0 saturated heterocycles. The lowest BCUT2D eigenvalue weighted by Crippen LogP contribution is -1.75. The fourth-order valence-electron chi connectivity index (χ4n) is 0.408. The first-order valence-electron chi connectivity index (χ1n) is 3.18. The van der Waals surface area contributed by atoms with E-state index in [9.17, 15) is 0 Å². The summed E-state index contributed by atoms with van der Waals surface area (Å²) in [4.78, 5) is 0. The zero-order chi connectivity index (χ0) is 7.11. The molecule has 0 amide bonds. The van der Waals surface area contributed by atoms with Crippen LogP contribution in [0, 0.1) is 0 Å². The molecular formula is C8H14O. The highest BCUT2D eigenvalue weighted by atomic mass is 16.5. The number of hydrogen-bond donors (Lipinski definition) is 0. The third-order valence-electron chi connectivity index (χ3n) is 1.02. The molecule has 0 aliphatic heterocycles. The van der Waals surface area contributed by atoms with E-state index >= 15 is 0 Å². The van der Waals surface area contributed by atoms with Crippen LogP contribution in [0.1, 0.15) is 20.3 Å². The summed E-state index contributed by atoms with van der Waals surface area (Å²) < 4.78 is 4.91. The summed E-state index contributed by atoms with van der Waals surface area (Å²) in [5.41, 5.74) is 0. The van der Waals surface area contributed by atoms with Crippen LogP contribution in [0.3, 0.4) is 0 Å². The van der Waals surface area contributed by atoms with Gasteiger partial charge in [-0.1, -0.05) is 19.1 Å². The maximum Gasteiger partial charge on any atom is 0.0924 e. The van der Waals surface area contributed by atoms with Crippen molar-refractivity contribution in [1.29, 1.82) is 0 Å². The smallest absolute Gasteiger partial charge is 0.0924 e. The van der Waals surface area contributed by atoms with Gasteiger partial charge in [-0.25, -0.2) is 0 Å². The van der Waals surface area contributed by atoms with Gasteiger partial charge in [-0.05, 0) is 19.4 Å². The van der Waals surface area contributed by atoms with Gasteiger partial charge in [-0.3, -0.25) is 0 Å². The van der Waals surface area contributed by atoms with Crippen LogP contribution in [0.2, 0.25) is 0 Å². The summed E-state index contributed by atoms with van der Waals surface area (Å²) in [6, 6.07) is 0. The molecule has 0 aliphatic carbocycles. The molecule has 0 N–H and O–H groups in total. The number of ether oxygens (including phenoxy) is 1. The second kappa shape index (κ2) is 5.42. The molecule has 0 atom stereocenters. The van der Waals surface area contributed by atoms with Crippen molar-refractivity contribution < 1.29 is 4.74 Å². The van der Waals surface area contributed by atoms with Crippen LogP contribution in [0.15, 0.2) is 24.0 Å². The number of hydrogen-bond acceptors (Lipinski definition) is 1. The monoisotopic (exact) mass is 126 g/mol. The van der Waals surface area contributed by atoms with Gasteiger partial charge in [-0.15, -0.1) is 0 Å². The van der Waals surface area contributed by atoms with Gasteiger partial charge in [0.1, 0.15) is 0 Å². The van der Waals surface area contributed by atoms with Crippen LogP contribution >= 0.6 is 0 Å².